The maximum Gasteiger partial charge on any atom is 0.234 e. The standard InChI is InChI=1S/C13H26N2O2/c1-4-11(2)14-12(16)9-15(3)10-13(17)7-5-6-8-13/h11,17H,4-10H2,1-3H3,(H,14,16). The average Bonchev–Trinajstić information content (AvgIpc) is 2.63. The third-order valence-corrected chi connectivity index (χ3v) is 3.53. The Labute approximate surface area is 104 Å². The quantitative estimate of drug-likeness (QED) is 0.734. The molecular formula is C13H26N2O2. The second-order valence-corrected chi connectivity index (χ2v) is 5.48. The highest BCUT2D eigenvalue weighted by Crippen LogP contribution is 2.29. The number of hydrogen-bond donors (Lipinski definition) is 2. The molecule has 1 rings (SSSR count). The molecule has 0 aliphatic heterocycles. The summed E-state index contributed by atoms with van der Waals surface area (Å²) in [5.74, 6) is 0.0449. The molecule has 0 spiro atoms. The summed E-state index contributed by atoms with van der Waals surface area (Å²) in [7, 11) is 1.90. The maximum atomic E-state index is 11.7. The van der Waals surface area contributed by atoms with Crippen LogP contribution >= 0.6 is 0 Å². The minimum Gasteiger partial charge on any atom is -0.389 e. The van der Waals surface area contributed by atoms with Gasteiger partial charge in [-0.3, -0.25) is 9.69 Å². The fourth-order valence-electron chi connectivity index (χ4n) is 2.42. The molecule has 0 aromatic carbocycles. The van der Waals surface area contributed by atoms with Gasteiger partial charge in [0.05, 0.1) is 12.1 Å². The lowest BCUT2D eigenvalue weighted by Gasteiger charge is -2.28. The van der Waals surface area contributed by atoms with Gasteiger partial charge in [0.2, 0.25) is 5.91 Å². The van der Waals surface area contributed by atoms with E-state index >= 15 is 0 Å². The number of nitrogens with one attached hydrogen (secondary N) is 1. The van der Waals surface area contributed by atoms with Crippen LogP contribution in [0.5, 0.6) is 0 Å². The Balaban J connectivity index is 2.28. The number of hydrogen-bond acceptors (Lipinski definition) is 3. The maximum absolute atomic E-state index is 11.7. The highest BCUT2D eigenvalue weighted by atomic mass is 16.3. The molecule has 1 amide bonds. The van der Waals surface area contributed by atoms with Crippen molar-refractivity contribution in [3.8, 4) is 0 Å². The van der Waals surface area contributed by atoms with Gasteiger partial charge in [-0.05, 0) is 33.2 Å². The van der Waals surface area contributed by atoms with Gasteiger partial charge in [0.15, 0.2) is 0 Å². The zero-order valence-corrected chi connectivity index (χ0v) is 11.3. The Morgan fingerprint density at radius 1 is 1.47 bits per heavy atom. The van der Waals surface area contributed by atoms with Crippen LogP contribution in [-0.4, -0.2) is 47.7 Å². The van der Waals surface area contributed by atoms with Crippen LogP contribution in [0.2, 0.25) is 0 Å². The molecule has 0 saturated heterocycles. The van der Waals surface area contributed by atoms with Gasteiger partial charge < -0.3 is 10.4 Å². The first-order chi connectivity index (χ1) is 7.95. The van der Waals surface area contributed by atoms with Crippen molar-refractivity contribution in [2.45, 2.75) is 57.6 Å². The molecule has 0 heterocycles. The predicted molar refractivity (Wildman–Crippen MR) is 68.8 cm³/mol. The largest absolute Gasteiger partial charge is 0.389 e. The summed E-state index contributed by atoms with van der Waals surface area (Å²) in [6.07, 6.45) is 4.88. The lowest BCUT2D eigenvalue weighted by atomic mass is 10.0. The van der Waals surface area contributed by atoms with Crippen LogP contribution in [0.25, 0.3) is 0 Å². The Bertz CT molecular complexity index is 250. The van der Waals surface area contributed by atoms with E-state index in [9.17, 15) is 9.90 Å². The molecule has 0 aromatic rings. The molecule has 100 valence electrons. The molecular weight excluding hydrogens is 216 g/mol. The zero-order chi connectivity index (χ0) is 12.9. The fraction of sp³-hybridized carbons (Fsp3) is 0.923. The van der Waals surface area contributed by atoms with Gasteiger partial charge in [0.1, 0.15) is 0 Å². The summed E-state index contributed by atoms with van der Waals surface area (Å²) in [6, 6.07) is 0.227. The molecule has 1 fully saturated rings. The van der Waals surface area contributed by atoms with Gasteiger partial charge in [-0.2, -0.15) is 0 Å². The molecule has 0 aromatic heterocycles. The van der Waals surface area contributed by atoms with E-state index < -0.39 is 5.60 Å². The van der Waals surface area contributed by atoms with Crippen molar-refractivity contribution in [2.75, 3.05) is 20.1 Å². The van der Waals surface area contributed by atoms with Crippen molar-refractivity contribution >= 4 is 5.91 Å². The summed E-state index contributed by atoms with van der Waals surface area (Å²) in [4.78, 5) is 13.6. The molecule has 1 saturated carbocycles. The average molecular weight is 242 g/mol. The van der Waals surface area contributed by atoms with Crippen LogP contribution in [0.1, 0.15) is 46.0 Å². The molecule has 0 radical (unpaired) electrons. The minimum absolute atomic E-state index is 0.0449. The number of nitrogens with zero attached hydrogens (tertiary/aromatic N) is 1. The summed E-state index contributed by atoms with van der Waals surface area (Å²) >= 11 is 0. The molecule has 0 bridgehead atoms. The minimum atomic E-state index is -0.564. The zero-order valence-electron chi connectivity index (χ0n) is 11.3. The van der Waals surface area contributed by atoms with Gasteiger partial charge in [0.25, 0.3) is 0 Å². The van der Waals surface area contributed by atoms with Crippen LogP contribution < -0.4 is 5.32 Å². The van der Waals surface area contributed by atoms with E-state index in [0.717, 1.165) is 32.1 Å². The molecule has 1 unspecified atom stereocenters. The normalized spacial score (nSPS) is 20.5. The number of carbonyl (C=O) groups is 1. The van der Waals surface area contributed by atoms with E-state index in [1.54, 1.807) is 0 Å². The van der Waals surface area contributed by atoms with Crippen LogP contribution in [0.3, 0.4) is 0 Å². The Kier molecular flexibility index (Phi) is 5.40. The number of likely N-dealkylation sites (N-methyl/N-ethyl adjacent to an activating group) is 1. The van der Waals surface area contributed by atoms with Crippen LogP contribution in [0, 0.1) is 0 Å². The van der Waals surface area contributed by atoms with Crippen molar-refractivity contribution in [2.24, 2.45) is 0 Å². The van der Waals surface area contributed by atoms with Crippen LogP contribution in [0.4, 0.5) is 0 Å². The molecule has 2 N–H and O–H groups in total. The Morgan fingerprint density at radius 3 is 2.59 bits per heavy atom. The smallest absolute Gasteiger partial charge is 0.234 e. The predicted octanol–water partition coefficient (Wildman–Crippen LogP) is 1.14. The monoisotopic (exact) mass is 242 g/mol. The number of aliphatic hydroxyl groups is 1. The number of rotatable bonds is 6. The van der Waals surface area contributed by atoms with E-state index in [2.05, 4.69) is 12.2 Å². The van der Waals surface area contributed by atoms with Crippen molar-refractivity contribution in [3.05, 3.63) is 0 Å². The number of carbonyl (C=O) groups excluding carboxylic acids is 1. The first kappa shape index (κ1) is 14.5. The van der Waals surface area contributed by atoms with E-state index in [1.807, 2.05) is 18.9 Å². The molecule has 17 heavy (non-hydrogen) atoms. The molecule has 4 heteroatoms. The molecule has 1 aliphatic carbocycles. The Morgan fingerprint density at radius 2 is 2.06 bits per heavy atom. The first-order valence-electron chi connectivity index (χ1n) is 6.65. The molecule has 4 nitrogen and oxygen atoms in total. The highest BCUT2D eigenvalue weighted by molar-refractivity contribution is 5.78. The van der Waals surface area contributed by atoms with E-state index in [4.69, 9.17) is 0 Å². The second-order valence-electron chi connectivity index (χ2n) is 5.48. The first-order valence-corrected chi connectivity index (χ1v) is 6.65. The van der Waals surface area contributed by atoms with Crippen molar-refractivity contribution in [1.82, 2.24) is 10.2 Å². The van der Waals surface area contributed by atoms with E-state index in [0.29, 0.717) is 13.1 Å². The number of amides is 1. The molecule has 1 atom stereocenters. The molecule has 1 aliphatic rings. The van der Waals surface area contributed by atoms with Gasteiger partial charge in [-0.1, -0.05) is 19.8 Å². The van der Waals surface area contributed by atoms with Gasteiger partial charge in [-0.25, -0.2) is 0 Å². The summed E-state index contributed by atoms with van der Waals surface area (Å²) in [6.45, 7) is 5.02. The van der Waals surface area contributed by atoms with Crippen molar-refractivity contribution < 1.29 is 9.90 Å². The summed E-state index contributed by atoms with van der Waals surface area (Å²) in [5, 5.41) is 13.2. The lowest BCUT2D eigenvalue weighted by Crippen LogP contribution is -2.45. The fourth-order valence-corrected chi connectivity index (χ4v) is 2.42. The van der Waals surface area contributed by atoms with Gasteiger partial charge in [0, 0.05) is 12.6 Å². The van der Waals surface area contributed by atoms with E-state index in [-0.39, 0.29) is 11.9 Å². The van der Waals surface area contributed by atoms with Crippen LogP contribution in [0.15, 0.2) is 0 Å². The summed E-state index contributed by atoms with van der Waals surface area (Å²) in [5.41, 5.74) is -0.564. The van der Waals surface area contributed by atoms with Gasteiger partial charge >= 0.3 is 0 Å². The topological polar surface area (TPSA) is 52.6 Å². The van der Waals surface area contributed by atoms with Crippen molar-refractivity contribution in [1.29, 1.82) is 0 Å². The Hall–Kier alpha value is -0.610. The lowest BCUT2D eigenvalue weighted by molar-refractivity contribution is -0.123. The SMILES string of the molecule is CCC(C)NC(=O)CN(C)CC1(O)CCCC1. The third-order valence-electron chi connectivity index (χ3n) is 3.53. The van der Waals surface area contributed by atoms with Crippen molar-refractivity contribution in [3.63, 3.8) is 0 Å². The second kappa shape index (κ2) is 6.36. The highest BCUT2D eigenvalue weighted by Gasteiger charge is 2.32. The van der Waals surface area contributed by atoms with E-state index in [1.165, 1.54) is 0 Å². The van der Waals surface area contributed by atoms with Gasteiger partial charge in [-0.15, -0.1) is 0 Å². The van der Waals surface area contributed by atoms with Crippen LogP contribution in [-0.2, 0) is 4.79 Å². The third kappa shape index (κ3) is 5.04. The summed E-state index contributed by atoms with van der Waals surface area (Å²) < 4.78 is 0.